The third kappa shape index (κ3) is 1.51. The van der Waals surface area contributed by atoms with Crippen molar-refractivity contribution in [3.05, 3.63) is 11.3 Å². The summed E-state index contributed by atoms with van der Waals surface area (Å²) < 4.78 is 6.61. The van der Waals surface area contributed by atoms with Gasteiger partial charge in [0.15, 0.2) is 0 Å². The first-order chi connectivity index (χ1) is 6.11. The first-order valence-corrected chi connectivity index (χ1v) is 3.83. The molecule has 0 saturated heterocycles. The third-order valence-electron chi connectivity index (χ3n) is 1.84. The lowest BCUT2D eigenvalue weighted by Gasteiger charge is -2.05. The number of methoxy groups -OCH3 is 1. The van der Waals surface area contributed by atoms with Crippen LogP contribution in [0.3, 0.4) is 0 Å². The van der Waals surface area contributed by atoms with Gasteiger partial charge in [-0.15, -0.1) is 6.42 Å². The quantitative estimate of drug-likeness (QED) is 0.670. The molecular weight excluding hydrogens is 168 g/mol. The highest BCUT2D eigenvalue weighted by Crippen LogP contribution is 2.26. The topological polar surface area (TPSA) is 47.3 Å². The van der Waals surface area contributed by atoms with Crippen molar-refractivity contribution < 1.29 is 9.84 Å². The van der Waals surface area contributed by atoms with Crippen LogP contribution in [0, 0.1) is 19.3 Å². The minimum atomic E-state index is -0.955. The maximum Gasteiger partial charge on any atom is 0.218 e. The Morgan fingerprint density at radius 3 is 2.77 bits per heavy atom. The van der Waals surface area contributed by atoms with E-state index in [2.05, 4.69) is 11.0 Å². The molecule has 0 radical (unpaired) electrons. The molecule has 0 aliphatic rings. The SMILES string of the molecule is C#CC(O)c1c(C)nn(C)c1OC. The van der Waals surface area contributed by atoms with Crippen molar-refractivity contribution >= 4 is 0 Å². The Morgan fingerprint density at radius 2 is 2.31 bits per heavy atom. The van der Waals surface area contributed by atoms with Crippen LogP contribution in [0.5, 0.6) is 5.88 Å². The summed E-state index contributed by atoms with van der Waals surface area (Å²) >= 11 is 0. The number of aromatic nitrogens is 2. The minimum Gasteiger partial charge on any atom is -0.481 e. The Hall–Kier alpha value is -1.47. The van der Waals surface area contributed by atoms with Crippen LogP contribution in [-0.4, -0.2) is 22.0 Å². The van der Waals surface area contributed by atoms with Gasteiger partial charge in [-0.3, -0.25) is 0 Å². The van der Waals surface area contributed by atoms with E-state index in [1.54, 1.807) is 18.7 Å². The van der Waals surface area contributed by atoms with Gasteiger partial charge in [0.25, 0.3) is 0 Å². The van der Waals surface area contributed by atoms with Crippen LogP contribution in [0.25, 0.3) is 0 Å². The molecule has 1 unspecified atom stereocenters. The van der Waals surface area contributed by atoms with Gasteiger partial charge in [0.05, 0.1) is 18.4 Å². The molecule has 0 amide bonds. The van der Waals surface area contributed by atoms with Gasteiger partial charge in [0, 0.05) is 7.05 Å². The summed E-state index contributed by atoms with van der Waals surface area (Å²) in [7, 11) is 3.25. The minimum absolute atomic E-state index is 0.503. The van der Waals surface area contributed by atoms with Gasteiger partial charge in [-0.05, 0) is 6.92 Å². The van der Waals surface area contributed by atoms with E-state index in [-0.39, 0.29) is 0 Å². The molecule has 0 spiro atoms. The number of aryl methyl sites for hydroxylation is 2. The van der Waals surface area contributed by atoms with E-state index >= 15 is 0 Å². The Labute approximate surface area is 77.1 Å². The van der Waals surface area contributed by atoms with Crippen molar-refractivity contribution in [2.24, 2.45) is 7.05 Å². The average molecular weight is 180 g/mol. The molecule has 1 atom stereocenters. The smallest absolute Gasteiger partial charge is 0.218 e. The zero-order valence-corrected chi connectivity index (χ0v) is 7.90. The second-order valence-electron chi connectivity index (χ2n) is 2.70. The maximum atomic E-state index is 9.47. The zero-order valence-electron chi connectivity index (χ0n) is 7.90. The number of aliphatic hydroxyl groups is 1. The van der Waals surface area contributed by atoms with Crippen molar-refractivity contribution in [3.63, 3.8) is 0 Å². The van der Waals surface area contributed by atoms with Crippen LogP contribution in [0.4, 0.5) is 0 Å². The van der Waals surface area contributed by atoms with Crippen molar-refractivity contribution in [2.75, 3.05) is 7.11 Å². The van der Waals surface area contributed by atoms with Crippen molar-refractivity contribution in [3.8, 4) is 18.2 Å². The Bertz CT molecular complexity index is 349. The molecule has 70 valence electrons. The highest BCUT2D eigenvalue weighted by Gasteiger charge is 2.19. The number of aliphatic hydroxyl groups excluding tert-OH is 1. The number of hydrogen-bond acceptors (Lipinski definition) is 3. The summed E-state index contributed by atoms with van der Waals surface area (Å²) in [6.07, 6.45) is 4.16. The summed E-state index contributed by atoms with van der Waals surface area (Å²) in [4.78, 5) is 0. The molecule has 4 heteroatoms. The largest absolute Gasteiger partial charge is 0.481 e. The predicted molar refractivity (Wildman–Crippen MR) is 48.3 cm³/mol. The normalized spacial score (nSPS) is 12.2. The number of hydrogen-bond donors (Lipinski definition) is 1. The molecule has 0 aliphatic carbocycles. The molecule has 1 N–H and O–H groups in total. The van der Waals surface area contributed by atoms with Crippen LogP contribution in [0.1, 0.15) is 17.4 Å². The molecule has 1 aromatic rings. The first kappa shape index (κ1) is 9.62. The Kier molecular flexibility index (Phi) is 2.59. The Morgan fingerprint density at radius 1 is 1.69 bits per heavy atom. The molecule has 0 bridgehead atoms. The molecule has 1 rings (SSSR count). The predicted octanol–water partition coefficient (Wildman–Crippen LogP) is 0.404. The number of terminal acetylenes is 1. The van der Waals surface area contributed by atoms with E-state index in [1.165, 1.54) is 7.11 Å². The second-order valence-corrected chi connectivity index (χ2v) is 2.70. The Balaban J connectivity index is 3.26. The molecule has 0 aromatic carbocycles. The average Bonchev–Trinajstić information content (AvgIpc) is 2.39. The van der Waals surface area contributed by atoms with Gasteiger partial charge in [-0.25, -0.2) is 4.68 Å². The summed E-state index contributed by atoms with van der Waals surface area (Å²) in [6.45, 7) is 1.78. The van der Waals surface area contributed by atoms with Gasteiger partial charge in [0.2, 0.25) is 5.88 Å². The van der Waals surface area contributed by atoms with Crippen molar-refractivity contribution in [1.29, 1.82) is 0 Å². The number of nitrogens with zero attached hydrogens (tertiary/aromatic N) is 2. The molecular formula is C9H12N2O2. The lowest BCUT2D eigenvalue weighted by Crippen LogP contribution is -2.00. The summed E-state index contributed by atoms with van der Waals surface area (Å²) in [6, 6.07) is 0. The molecule has 1 aromatic heterocycles. The van der Waals surface area contributed by atoms with Crippen LogP contribution >= 0.6 is 0 Å². The molecule has 13 heavy (non-hydrogen) atoms. The van der Waals surface area contributed by atoms with E-state index in [1.807, 2.05) is 0 Å². The highest BCUT2D eigenvalue weighted by atomic mass is 16.5. The van der Waals surface area contributed by atoms with Gasteiger partial charge >= 0.3 is 0 Å². The van der Waals surface area contributed by atoms with E-state index in [0.29, 0.717) is 17.1 Å². The first-order valence-electron chi connectivity index (χ1n) is 3.83. The van der Waals surface area contributed by atoms with E-state index < -0.39 is 6.10 Å². The van der Waals surface area contributed by atoms with Crippen LogP contribution in [-0.2, 0) is 7.05 Å². The molecule has 1 heterocycles. The fourth-order valence-electron chi connectivity index (χ4n) is 1.29. The standard InChI is InChI=1S/C9H12N2O2/c1-5-7(12)8-6(2)10-11(3)9(8)13-4/h1,7,12H,2-4H3. The lowest BCUT2D eigenvalue weighted by molar-refractivity contribution is 0.230. The van der Waals surface area contributed by atoms with E-state index in [9.17, 15) is 5.11 Å². The molecule has 4 nitrogen and oxygen atoms in total. The zero-order chi connectivity index (χ0) is 10.0. The van der Waals surface area contributed by atoms with E-state index in [0.717, 1.165) is 0 Å². The second kappa shape index (κ2) is 3.50. The molecule has 0 saturated carbocycles. The fraction of sp³-hybridized carbons (Fsp3) is 0.444. The van der Waals surface area contributed by atoms with Gasteiger partial charge in [-0.2, -0.15) is 5.10 Å². The fourth-order valence-corrected chi connectivity index (χ4v) is 1.29. The monoisotopic (exact) mass is 180 g/mol. The van der Waals surface area contributed by atoms with Crippen LogP contribution in [0.15, 0.2) is 0 Å². The lowest BCUT2D eigenvalue weighted by atomic mass is 10.1. The number of rotatable bonds is 2. The van der Waals surface area contributed by atoms with Gasteiger partial charge in [-0.1, -0.05) is 5.92 Å². The molecule has 0 aliphatic heterocycles. The summed E-state index contributed by atoms with van der Waals surface area (Å²) in [5.41, 5.74) is 1.25. The highest BCUT2D eigenvalue weighted by molar-refractivity contribution is 5.36. The van der Waals surface area contributed by atoms with Crippen molar-refractivity contribution in [2.45, 2.75) is 13.0 Å². The number of ether oxygens (including phenoxy) is 1. The van der Waals surface area contributed by atoms with Gasteiger partial charge in [0.1, 0.15) is 6.10 Å². The summed E-state index contributed by atoms with van der Waals surface area (Å²) in [5, 5.41) is 13.6. The van der Waals surface area contributed by atoms with E-state index in [4.69, 9.17) is 11.2 Å². The van der Waals surface area contributed by atoms with Crippen LogP contribution in [0.2, 0.25) is 0 Å². The summed E-state index contributed by atoms with van der Waals surface area (Å²) in [5.74, 6) is 2.74. The van der Waals surface area contributed by atoms with Crippen LogP contribution < -0.4 is 4.74 Å². The van der Waals surface area contributed by atoms with Gasteiger partial charge < -0.3 is 9.84 Å². The van der Waals surface area contributed by atoms with Crippen molar-refractivity contribution in [1.82, 2.24) is 9.78 Å². The molecule has 0 fully saturated rings. The third-order valence-corrected chi connectivity index (χ3v) is 1.84. The maximum absolute atomic E-state index is 9.47.